The van der Waals surface area contributed by atoms with Crippen molar-refractivity contribution in [2.75, 3.05) is 12.4 Å². The second kappa shape index (κ2) is 8.60. The third-order valence-corrected chi connectivity index (χ3v) is 4.99. The van der Waals surface area contributed by atoms with E-state index in [-0.39, 0.29) is 11.7 Å². The lowest BCUT2D eigenvalue weighted by molar-refractivity contribution is -0.116. The fourth-order valence-corrected chi connectivity index (χ4v) is 3.42. The van der Waals surface area contributed by atoms with Crippen molar-refractivity contribution in [3.05, 3.63) is 65.2 Å². The van der Waals surface area contributed by atoms with Gasteiger partial charge in [-0.25, -0.2) is 4.98 Å². The van der Waals surface area contributed by atoms with Gasteiger partial charge in [-0.05, 0) is 49.7 Å². The van der Waals surface area contributed by atoms with Crippen LogP contribution in [-0.2, 0) is 11.2 Å². The van der Waals surface area contributed by atoms with E-state index in [0.29, 0.717) is 24.1 Å². The molecule has 0 saturated carbocycles. The van der Waals surface area contributed by atoms with Gasteiger partial charge < -0.3 is 10.1 Å². The Morgan fingerprint density at radius 2 is 1.93 bits per heavy atom. The van der Waals surface area contributed by atoms with E-state index in [0.717, 1.165) is 22.0 Å². The van der Waals surface area contributed by atoms with Crippen molar-refractivity contribution in [2.45, 2.75) is 19.8 Å². The molecule has 1 N–H and O–H groups in total. The molecule has 3 rings (SSSR count). The zero-order valence-corrected chi connectivity index (χ0v) is 16.0. The van der Waals surface area contributed by atoms with Crippen LogP contribution in [-0.4, -0.2) is 23.8 Å². The molecule has 3 aromatic rings. The Morgan fingerprint density at radius 3 is 2.63 bits per heavy atom. The molecule has 5 nitrogen and oxygen atoms in total. The van der Waals surface area contributed by atoms with E-state index in [9.17, 15) is 9.59 Å². The van der Waals surface area contributed by atoms with Gasteiger partial charge in [0.2, 0.25) is 5.91 Å². The first-order chi connectivity index (χ1) is 13.0. The average Bonchev–Trinajstić information content (AvgIpc) is 3.16. The van der Waals surface area contributed by atoms with Crippen LogP contribution >= 0.6 is 11.3 Å². The van der Waals surface area contributed by atoms with Crippen LogP contribution in [0.5, 0.6) is 5.75 Å². The highest BCUT2D eigenvalue weighted by atomic mass is 32.1. The summed E-state index contributed by atoms with van der Waals surface area (Å²) in [5.74, 6) is 0.712. The Kier molecular flexibility index (Phi) is 5.98. The highest BCUT2D eigenvalue weighted by Crippen LogP contribution is 2.27. The smallest absolute Gasteiger partial charge is 0.224 e. The van der Waals surface area contributed by atoms with Gasteiger partial charge >= 0.3 is 0 Å². The maximum Gasteiger partial charge on any atom is 0.224 e. The molecule has 0 saturated heterocycles. The quantitative estimate of drug-likeness (QED) is 0.609. The van der Waals surface area contributed by atoms with E-state index >= 15 is 0 Å². The molecule has 0 aliphatic carbocycles. The zero-order chi connectivity index (χ0) is 19.2. The Hall–Kier alpha value is -2.99. The van der Waals surface area contributed by atoms with Gasteiger partial charge in [0, 0.05) is 28.6 Å². The van der Waals surface area contributed by atoms with Crippen LogP contribution in [0.15, 0.2) is 53.9 Å². The fourth-order valence-electron chi connectivity index (χ4n) is 2.56. The Bertz CT molecular complexity index is 948. The van der Waals surface area contributed by atoms with Gasteiger partial charge in [-0.15, -0.1) is 11.3 Å². The van der Waals surface area contributed by atoms with Crippen molar-refractivity contribution >= 4 is 28.7 Å². The maximum atomic E-state index is 12.1. The minimum Gasteiger partial charge on any atom is -0.497 e. The van der Waals surface area contributed by atoms with Crippen LogP contribution in [0.25, 0.3) is 10.6 Å². The zero-order valence-electron chi connectivity index (χ0n) is 15.2. The number of carbonyl (C=O) groups is 2. The van der Waals surface area contributed by atoms with E-state index < -0.39 is 0 Å². The number of carbonyl (C=O) groups excluding carboxylic acids is 2. The van der Waals surface area contributed by atoms with E-state index in [1.165, 1.54) is 6.92 Å². The largest absolute Gasteiger partial charge is 0.497 e. The highest BCUT2D eigenvalue weighted by Gasteiger charge is 2.09. The van der Waals surface area contributed by atoms with Crippen molar-refractivity contribution in [3.63, 3.8) is 0 Å². The molecule has 2 aromatic carbocycles. The maximum absolute atomic E-state index is 12.1. The number of nitrogens with one attached hydrogen (secondary N) is 1. The average molecular weight is 380 g/mol. The molecule has 0 radical (unpaired) electrons. The van der Waals surface area contributed by atoms with Gasteiger partial charge in [0.15, 0.2) is 5.78 Å². The topological polar surface area (TPSA) is 68.3 Å². The summed E-state index contributed by atoms with van der Waals surface area (Å²) in [4.78, 5) is 28.0. The number of methoxy groups -OCH3 is 1. The summed E-state index contributed by atoms with van der Waals surface area (Å²) in [6.45, 7) is 1.52. The van der Waals surface area contributed by atoms with Crippen molar-refractivity contribution < 1.29 is 14.3 Å². The third-order valence-electron chi connectivity index (χ3n) is 4.05. The number of hydrogen-bond acceptors (Lipinski definition) is 5. The number of benzene rings is 2. The minimum absolute atomic E-state index is 0.00301. The monoisotopic (exact) mass is 380 g/mol. The fraction of sp³-hybridized carbons (Fsp3) is 0.190. The number of ketones is 1. The third kappa shape index (κ3) is 5.01. The van der Waals surface area contributed by atoms with E-state index in [2.05, 4.69) is 10.3 Å². The summed E-state index contributed by atoms with van der Waals surface area (Å²) in [7, 11) is 1.64. The number of amides is 1. The summed E-state index contributed by atoms with van der Waals surface area (Å²) in [5.41, 5.74) is 3.20. The van der Waals surface area contributed by atoms with Gasteiger partial charge in [-0.2, -0.15) is 0 Å². The summed E-state index contributed by atoms with van der Waals surface area (Å²) in [6, 6.07) is 14.6. The predicted octanol–water partition coefficient (Wildman–Crippen LogP) is 4.59. The SMILES string of the molecule is COc1cccc(-c2nc(CCC(=O)Nc3ccc(C(C)=O)cc3)cs2)c1. The molecule has 0 atom stereocenters. The first kappa shape index (κ1) is 18.8. The van der Waals surface area contributed by atoms with E-state index in [1.54, 1.807) is 42.7 Å². The number of rotatable bonds is 7. The Labute approximate surface area is 162 Å². The van der Waals surface area contributed by atoms with Crippen LogP contribution in [0.3, 0.4) is 0 Å². The predicted molar refractivity (Wildman–Crippen MR) is 107 cm³/mol. The molecule has 0 aliphatic rings. The number of ether oxygens (including phenoxy) is 1. The van der Waals surface area contributed by atoms with Gasteiger partial charge in [-0.1, -0.05) is 12.1 Å². The number of anilines is 1. The van der Waals surface area contributed by atoms with E-state index in [1.807, 2.05) is 29.6 Å². The number of aromatic nitrogens is 1. The summed E-state index contributed by atoms with van der Waals surface area (Å²) >= 11 is 1.55. The number of thiazole rings is 1. The molecule has 1 amide bonds. The highest BCUT2D eigenvalue weighted by molar-refractivity contribution is 7.13. The van der Waals surface area contributed by atoms with Crippen LogP contribution in [0.2, 0.25) is 0 Å². The van der Waals surface area contributed by atoms with Crippen molar-refractivity contribution in [3.8, 4) is 16.3 Å². The van der Waals surface area contributed by atoms with Crippen LogP contribution in [0.1, 0.15) is 29.4 Å². The number of aryl methyl sites for hydroxylation is 1. The van der Waals surface area contributed by atoms with Crippen molar-refractivity contribution in [1.29, 1.82) is 0 Å². The molecule has 138 valence electrons. The van der Waals surface area contributed by atoms with Crippen molar-refractivity contribution in [2.24, 2.45) is 0 Å². The van der Waals surface area contributed by atoms with Gasteiger partial charge in [0.1, 0.15) is 10.8 Å². The Morgan fingerprint density at radius 1 is 1.15 bits per heavy atom. The van der Waals surface area contributed by atoms with E-state index in [4.69, 9.17) is 4.74 Å². The molecular formula is C21H20N2O3S. The van der Waals surface area contributed by atoms with Crippen LogP contribution < -0.4 is 10.1 Å². The molecule has 0 aliphatic heterocycles. The number of Topliss-reactive ketones (excluding diaryl/α,β-unsaturated/α-hetero) is 1. The molecule has 27 heavy (non-hydrogen) atoms. The number of hydrogen-bond donors (Lipinski definition) is 1. The summed E-state index contributed by atoms with van der Waals surface area (Å²) in [5, 5.41) is 5.72. The molecule has 0 spiro atoms. The molecule has 0 bridgehead atoms. The lowest BCUT2D eigenvalue weighted by Crippen LogP contribution is -2.12. The van der Waals surface area contributed by atoms with Crippen molar-refractivity contribution in [1.82, 2.24) is 4.98 Å². The van der Waals surface area contributed by atoms with Gasteiger partial charge in [0.05, 0.1) is 12.8 Å². The summed E-state index contributed by atoms with van der Waals surface area (Å²) < 4.78 is 5.24. The first-order valence-corrected chi connectivity index (χ1v) is 9.43. The molecule has 0 unspecified atom stereocenters. The molecule has 6 heteroatoms. The summed E-state index contributed by atoms with van der Waals surface area (Å²) in [6.07, 6.45) is 0.910. The van der Waals surface area contributed by atoms with Gasteiger partial charge in [-0.3, -0.25) is 9.59 Å². The van der Waals surface area contributed by atoms with Crippen LogP contribution in [0.4, 0.5) is 5.69 Å². The van der Waals surface area contributed by atoms with Gasteiger partial charge in [0.25, 0.3) is 0 Å². The second-order valence-electron chi connectivity index (χ2n) is 6.06. The minimum atomic E-state index is -0.0819. The molecule has 1 heterocycles. The lowest BCUT2D eigenvalue weighted by Gasteiger charge is -2.05. The Balaban J connectivity index is 1.56. The first-order valence-electron chi connectivity index (χ1n) is 8.55. The molecule has 0 fully saturated rings. The standard InChI is InChI=1S/C21H20N2O3S/c1-14(24)15-6-8-17(9-7-15)22-20(25)11-10-18-13-27-21(23-18)16-4-3-5-19(12-16)26-2/h3-9,12-13H,10-11H2,1-2H3,(H,22,25). The van der Waals surface area contributed by atoms with Crippen LogP contribution in [0, 0.1) is 0 Å². The normalized spacial score (nSPS) is 10.4. The molecular weight excluding hydrogens is 360 g/mol. The number of nitrogens with zero attached hydrogens (tertiary/aromatic N) is 1. The second-order valence-corrected chi connectivity index (χ2v) is 6.92. The lowest BCUT2D eigenvalue weighted by atomic mass is 10.1. The molecule has 1 aromatic heterocycles.